The van der Waals surface area contributed by atoms with E-state index in [9.17, 15) is 17.4 Å². The number of alkyl halides is 3. The first-order valence-corrected chi connectivity index (χ1v) is 6.38. The van der Waals surface area contributed by atoms with Crippen LogP contribution in [-0.2, 0) is 17.3 Å². The average Bonchev–Trinajstić information content (AvgIpc) is 2.38. The smallest absolute Gasteiger partial charge is 0.302 e. The molecular formula is C13H9F3O2S. The Balaban J connectivity index is 2.65. The van der Waals surface area contributed by atoms with Crippen molar-refractivity contribution in [2.45, 2.75) is 11.1 Å². The van der Waals surface area contributed by atoms with Crippen molar-refractivity contribution in [1.29, 1.82) is 0 Å². The number of benzene rings is 2. The Morgan fingerprint density at radius 2 is 1.63 bits per heavy atom. The highest BCUT2D eigenvalue weighted by atomic mass is 32.2. The van der Waals surface area contributed by atoms with Crippen LogP contribution in [0.4, 0.5) is 13.2 Å². The third kappa shape index (κ3) is 3.02. The van der Waals surface area contributed by atoms with Gasteiger partial charge in [0.1, 0.15) is 0 Å². The second-order valence-corrected chi connectivity index (χ2v) is 4.76. The van der Waals surface area contributed by atoms with Crippen LogP contribution in [0.15, 0.2) is 53.4 Å². The molecular weight excluding hydrogens is 277 g/mol. The lowest BCUT2D eigenvalue weighted by atomic mass is 10.0. The van der Waals surface area contributed by atoms with Crippen LogP contribution in [0.1, 0.15) is 5.56 Å². The van der Waals surface area contributed by atoms with Gasteiger partial charge in [0, 0.05) is 5.56 Å². The molecule has 0 aromatic heterocycles. The van der Waals surface area contributed by atoms with Crippen LogP contribution >= 0.6 is 0 Å². The second-order valence-electron chi connectivity index (χ2n) is 3.82. The minimum Gasteiger partial charge on any atom is -0.302 e. The lowest BCUT2D eigenvalue weighted by molar-refractivity contribution is -0.137. The maximum Gasteiger partial charge on any atom is 0.416 e. The Hall–Kier alpha value is -1.66. The van der Waals surface area contributed by atoms with Crippen molar-refractivity contribution in [1.82, 2.24) is 0 Å². The standard InChI is InChI=1S/C13H9F3O2S/c14-13(15,16)10-6-7-12(19(17)18)11(8-10)9-4-2-1-3-5-9/h1-8H,(H,17,18). The van der Waals surface area contributed by atoms with Gasteiger partial charge in [0.2, 0.25) is 0 Å². The largest absolute Gasteiger partial charge is 0.416 e. The molecule has 1 N–H and O–H groups in total. The van der Waals surface area contributed by atoms with Gasteiger partial charge < -0.3 is 4.55 Å². The van der Waals surface area contributed by atoms with Crippen molar-refractivity contribution in [2.24, 2.45) is 0 Å². The second kappa shape index (κ2) is 5.14. The maximum atomic E-state index is 12.7. The van der Waals surface area contributed by atoms with Crippen LogP contribution in [0.2, 0.25) is 0 Å². The van der Waals surface area contributed by atoms with Gasteiger partial charge in [-0.15, -0.1) is 0 Å². The highest BCUT2D eigenvalue weighted by Crippen LogP contribution is 2.34. The van der Waals surface area contributed by atoms with E-state index in [0.717, 1.165) is 18.2 Å². The molecule has 6 heteroatoms. The molecule has 0 amide bonds. The Bertz CT molecular complexity index is 609. The van der Waals surface area contributed by atoms with Gasteiger partial charge in [-0.1, -0.05) is 30.3 Å². The van der Waals surface area contributed by atoms with Gasteiger partial charge in [0.05, 0.1) is 10.5 Å². The molecule has 0 fully saturated rings. The van der Waals surface area contributed by atoms with E-state index in [1.165, 1.54) is 0 Å². The Morgan fingerprint density at radius 3 is 2.16 bits per heavy atom. The Kier molecular flexibility index (Phi) is 3.73. The third-order valence-corrected chi connectivity index (χ3v) is 3.31. The van der Waals surface area contributed by atoms with Gasteiger partial charge in [-0.3, -0.25) is 0 Å². The summed E-state index contributed by atoms with van der Waals surface area (Å²) in [6.45, 7) is 0. The molecule has 0 bridgehead atoms. The van der Waals surface area contributed by atoms with E-state index >= 15 is 0 Å². The maximum absolute atomic E-state index is 12.7. The van der Waals surface area contributed by atoms with Crippen molar-refractivity contribution in [3.8, 4) is 11.1 Å². The molecule has 0 heterocycles. The Labute approximate surface area is 110 Å². The molecule has 2 nitrogen and oxygen atoms in total. The first-order chi connectivity index (χ1) is 8.89. The van der Waals surface area contributed by atoms with Crippen LogP contribution < -0.4 is 0 Å². The molecule has 0 saturated carbocycles. The minimum atomic E-state index is -4.49. The van der Waals surface area contributed by atoms with Gasteiger partial charge in [-0.05, 0) is 23.8 Å². The summed E-state index contributed by atoms with van der Waals surface area (Å²) >= 11 is -2.34. The molecule has 0 aliphatic rings. The van der Waals surface area contributed by atoms with Crippen molar-refractivity contribution in [3.05, 3.63) is 54.1 Å². The van der Waals surface area contributed by atoms with Crippen molar-refractivity contribution in [3.63, 3.8) is 0 Å². The molecule has 0 saturated heterocycles. The van der Waals surface area contributed by atoms with Crippen LogP contribution in [0.5, 0.6) is 0 Å². The van der Waals surface area contributed by atoms with Crippen molar-refractivity contribution < 1.29 is 21.9 Å². The first kappa shape index (κ1) is 13.8. The van der Waals surface area contributed by atoms with E-state index < -0.39 is 22.8 Å². The number of rotatable bonds is 2. The highest BCUT2D eigenvalue weighted by Gasteiger charge is 2.31. The van der Waals surface area contributed by atoms with E-state index in [4.69, 9.17) is 4.55 Å². The van der Waals surface area contributed by atoms with E-state index in [0.29, 0.717) is 5.56 Å². The number of hydrogen-bond acceptors (Lipinski definition) is 1. The van der Waals surface area contributed by atoms with Gasteiger partial charge in [-0.2, -0.15) is 13.2 Å². The van der Waals surface area contributed by atoms with E-state index in [-0.39, 0.29) is 10.5 Å². The summed E-state index contributed by atoms with van der Waals surface area (Å²) in [5.74, 6) is 0. The van der Waals surface area contributed by atoms with E-state index in [2.05, 4.69) is 0 Å². The summed E-state index contributed by atoms with van der Waals surface area (Å²) in [4.78, 5) is -0.0424. The van der Waals surface area contributed by atoms with E-state index in [1.807, 2.05) is 0 Å². The summed E-state index contributed by atoms with van der Waals surface area (Å²) < 4.78 is 58.4. The molecule has 2 aromatic rings. The summed E-state index contributed by atoms with van der Waals surface area (Å²) in [6.07, 6.45) is -4.49. The third-order valence-electron chi connectivity index (χ3n) is 2.58. The molecule has 0 spiro atoms. The monoisotopic (exact) mass is 286 g/mol. The normalized spacial score (nSPS) is 13.3. The molecule has 2 rings (SSSR count). The predicted molar refractivity (Wildman–Crippen MR) is 65.9 cm³/mol. The van der Waals surface area contributed by atoms with Crippen LogP contribution in [-0.4, -0.2) is 8.76 Å². The molecule has 1 unspecified atom stereocenters. The minimum absolute atomic E-state index is 0.0424. The molecule has 0 aliphatic heterocycles. The van der Waals surface area contributed by atoms with Gasteiger partial charge >= 0.3 is 6.18 Å². The fourth-order valence-corrected chi connectivity index (χ4v) is 2.25. The quantitative estimate of drug-likeness (QED) is 0.849. The molecule has 1 atom stereocenters. The summed E-state index contributed by atoms with van der Waals surface area (Å²) in [7, 11) is 0. The SMILES string of the molecule is O=S(O)c1ccc(C(F)(F)F)cc1-c1ccccc1. The van der Waals surface area contributed by atoms with Crippen LogP contribution in [0.25, 0.3) is 11.1 Å². The van der Waals surface area contributed by atoms with Crippen molar-refractivity contribution in [2.75, 3.05) is 0 Å². The molecule has 19 heavy (non-hydrogen) atoms. The fourth-order valence-electron chi connectivity index (χ4n) is 1.70. The highest BCUT2D eigenvalue weighted by molar-refractivity contribution is 7.79. The van der Waals surface area contributed by atoms with E-state index in [1.54, 1.807) is 30.3 Å². The zero-order valence-electron chi connectivity index (χ0n) is 9.52. The summed E-state index contributed by atoms with van der Waals surface area (Å²) in [5.41, 5.74) is -0.275. The first-order valence-electron chi connectivity index (χ1n) is 5.27. The topological polar surface area (TPSA) is 37.3 Å². The summed E-state index contributed by atoms with van der Waals surface area (Å²) in [6, 6.07) is 10.9. The molecule has 100 valence electrons. The molecule has 0 radical (unpaired) electrons. The summed E-state index contributed by atoms with van der Waals surface area (Å²) in [5, 5.41) is 0. The number of hydrogen-bond donors (Lipinski definition) is 1. The molecule has 2 aromatic carbocycles. The van der Waals surface area contributed by atoms with Gasteiger partial charge in [0.15, 0.2) is 11.1 Å². The van der Waals surface area contributed by atoms with Crippen molar-refractivity contribution >= 4 is 11.1 Å². The van der Waals surface area contributed by atoms with Gasteiger partial charge in [0.25, 0.3) is 0 Å². The number of halogens is 3. The zero-order valence-corrected chi connectivity index (χ0v) is 10.3. The molecule has 0 aliphatic carbocycles. The van der Waals surface area contributed by atoms with Gasteiger partial charge in [-0.25, -0.2) is 4.21 Å². The Morgan fingerprint density at radius 1 is 1.00 bits per heavy atom. The fraction of sp³-hybridized carbons (Fsp3) is 0.0769. The van der Waals surface area contributed by atoms with Crippen LogP contribution in [0, 0.1) is 0 Å². The predicted octanol–water partition coefficient (Wildman–Crippen LogP) is 3.95. The zero-order chi connectivity index (χ0) is 14.0. The average molecular weight is 286 g/mol. The lowest BCUT2D eigenvalue weighted by Gasteiger charge is -2.11. The lowest BCUT2D eigenvalue weighted by Crippen LogP contribution is -2.06. The van der Waals surface area contributed by atoms with Crippen LogP contribution in [0.3, 0.4) is 0 Å².